The molecule has 2 aromatic heterocycles. The lowest BCUT2D eigenvalue weighted by molar-refractivity contribution is 1.19. The van der Waals surface area contributed by atoms with Crippen LogP contribution in [-0.4, -0.2) is 9.97 Å². The van der Waals surface area contributed by atoms with Crippen molar-refractivity contribution in [3.63, 3.8) is 0 Å². The van der Waals surface area contributed by atoms with E-state index in [2.05, 4.69) is 9.97 Å². The molecule has 0 amide bonds. The smallest absolute Gasteiger partial charge is 0.170 e. The third-order valence-electron chi connectivity index (χ3n) is 1.39. The fourth-order valence-electron chi connectivity index (χ4n) is 0.870. The van der Waals surface area contributed by atoms with Gasteiger partial charge in [0.1, 0.15) is 0 Å². The van der Waals surface area contributed by atoms with Crippen molar-refractivity contribution in [3.8, 4) is 10.7 Å². The van der Waals surface area contributed by atoms with Crippen LogP contribution in [0, 0.1) is 0 Å². The van der Waals surface area contributed by atoms with Gasteiger partial charge in [0.15, 0.2) is 5.82 Å². The Hall–Kier alpha value is -0.930. The fraction of sp³-hybridized carbons (Fsp3) is 0. The number of thiophene rings is 1. The van der Waals surface area contributed by atoms with E-state index in [0.717, 1.165) is 4.88 Å². The monoisotopic (exact) mass is 196 g/mol. The maximum Gasteiger partial charge on any atom is 0.170 e. The molecule has 12 heavy (non-hydrogen) atoms. The molecule has 4 heteroatoms. The summed E-state index contributed by atoms with van der Waals surface area (Å²) >= 11 is 7.45. The normalized spacial score (nSPS) is 10.1. The standard InChI is InChI=1S/C8H5ClN2S/c9-6-2-5-12-7(6)8-10-3-1-4-11-8/h1-5H. The molecule has 2 heterocycles. The van der Waals surface area contributed by atoms with Crippen LogP contribution in [0.5, 0.6) is 0 Å². The molecule has 0 aliphatic carbocycles. The zero-order valence-electron chi connectivity index (χ0n) is 6.07. The van der Waals surface area contributed by atoms with Crippen molar-refractivity contribution >= 4 is 22.9 Å². The van der Waals surface area contributed by atoms with E-state index >= 15 is 0 Å². The van der Waals surface area contributed by atoms with E-state index in [4.69, 9.17) is 11.6 Å². The van der Waals surface area contributed by atoms with E-state index in [0.29, 0.717) is 10.8 Å². The third-order valence-corrected chi connectivity index (χ3v) is 2.72. The molecular weight excluding hydrogens is 192 g/mol. The minimum absolute atomic E-state index is 0.692. The largest absolute Gasteiger partial charge is 0.236 e. The zero-order chi connectivity index (χ0) is 8.39. The maximum atomic E-state index is 5.90. The quantitative estimate of drug-likeness (QED) is 0.701. The second-order valence-corrected chi connectivity index (χ2v) is 3.49. The first-order valence-electron chi connectivity index (χ1n) is 3.38. The van der Waals surface area contributed by atoms with Gasteiger partial charge < -0.3 is 0 Å². The van der Waals surface area contributed by atoms with Gasteiger partial charge in [-0.2, -0.15) is 0 Å². The van der Waals surface area contributed by atoms with Gasteiger partial charge in [-0.25, -0.2) is 9.97 Å². The molecule has 0 aliphatic rings. The number of rotatable bonds is 1. The zero-order valence-corrected chi connectivity index (χ0v) is 7.64. The minimum Gasteiger partial charge on any atom is -0.236 e. The second-order valence-electron chi connectivity index (χ2n) is 2.17. The Labute approximate surface area is 78.9 Å². The summed E-state index contributed by atoms with van der Waals surface area (Å²) in [5.41, 5.74) is 0. The van der Waals surface area contributed by atoms with Crippen molar-refractivity contribution in [2.75, 3.05) is 0 Å². The van der Waals surface area contributed by atoms with Crippen molar-refractivity contribution < 1.29 is 0 Å². The first kappa shape index (κ1) is 7.71. The highest BCUT2D eigenvalue weighted by atomic mass is 35.5. The summed E-state index contributed by atoms with van der Waals surface area (Å²) in [6, 6.07) is 3.63. The van der Waals surface area contributed by atoms with Crippen molar-refractivity contribution in [2.24, 2.45) is 0 Å². The Morgan fingerprint density at radius 1 is 1.25 bits per heavy atom. The summed E-state index contributed by atoms with van der Waals surface area (Å²) in [5.74, 6) is 0.692. The van der Waals surface area contributed by atoms with Gasteiger partial charge in [0.2, 0.25) is 0 Å². The molecule has 2 rings (SSSR count). The Morgan fingerprint density at radius 3 is 2.58 bits per heavy atom. The Morgan fingerprint density at radius 2 is 2.00 bits per heavy atom. The number of aromatic nitrogens is 2. The molecule has 0 atom stereocenters. The van der Waals surface area contributed by atoms with Crippen LogP contribution in [0.3, 0.4) is 0 Å². The Kier molecular flexibility index (Phi) is 2.06. The van der Waals surface area contributed by atoms with Crippen LogP contribution in [0.25, 0.3) is 10.7 Å². The first-order chi connectivity index (χ1) is 5.88. The molecule has 2 nitrogen and oxygen atoms in total. The first-order valence-corrected chi connectivity index (χ1v) is 4.64. The molecule has 0 saturated carbocycles. The number of hydrogen-bond donors (Lipinski definition) is 0. The topological polar surface area (TPSA) is 25.8 Å². The third kappa shape index (κ3) is 1.33. The molecule has 0 spiro atoms. The SMILES string of the molecule is Clc1ccsc1-c1ncccn1. The van der Waals surface area contributed by atoms with Gasteiger partial charge in [-0.3, -0.25) is 0 Å². The van der Waals surface area contributed by atoms with Gasteiger partial charge >= 0.3 is 0 Å². The van der Waals surface area contributed by atoms with E-state index in [1.54, 1.807) is 29.8 Å². The summed E-state index contributed by atoms with van der Waals surface area (Å²) in [5, 5.41) is 2.64. The molecule has 0 radical (unpaired) electrons. The maximum absolute atomic E-state index is 5.90. The van der Waals surface area contributed by atoms with Crippen LogP contribution in [0.1, 0.15) is 0 Å². The fourth-order valence-corrected chi connectivity index (χ4v) is 1.96. The summed E-state index contributed by atoms with van der Waals surface area (Å²) in [7, 11) is 0. The summed E-state index contributed by atoms with van der Waals surface area (Å²) in [6.45, 7) is 0. The van der Waals surface area contributed by atoms with Crippen LogP contribution >= 0.6 is 22.9 Å². The molecule has 0 unspecified atom stereocenters. The highest BCUT2D eigenvalue weighted by Crippen LogP contribution is 2.29. The average Bonchev–Trinajstić information content (AvgIpc) is 2.53. The van der Waals surface area contributed by atoms with E-state index in [1.165, 1.54) is 0 Å². The molecule has 2 aromatic rings. The van der Waals surface area contributed by atoms with E-state index in [1.807, 2.05) is 11.4 Å². The van der Waals surface area contributed by atoms with Gasteiger partial charge in [-0.05, 0) is 17.5 Å². The van der Waals surface area contributed by atoms with Gasteiger partial charge in [-0.1, -0.05) is 11.6 Å². The summed E-state index contributed by atoms with van der Waals surface area (Å²) in [6.07, 6.45) is 3.41. The number of nitrogens with zero attached hydrogens (tertiary/aromatic N) is 2. The van der Waals surface area contributed by atoms with Gasteiger partial charge in [0.05, 0.1) is 9.90 Å². The van der Waals surface area contributed by atoms with Crippen LogP contribution < -0.4 is 0 Å². The van der Waals surface area contributed by atoms with Crippen molar-refractivity contribution in [1.29, 1.82) is 0 Å². The minimum atomic E-state index is 0.692. The molecule has 0 aliphatic heterocycles. The van der Waals surface area contributed by atoms with Crippen molar-refractivity contribution in [1.82, 2.24) is 9.97 Å². The highest BCUT2D eigenvalue weighted by Gasteiger charge is 2.05. The van der Waals surface area contributed by atoms with Crippen LogP contribution in [-0.2, 0) is 0 Å². The van der Waals surface area contributed by atoms with E-state index in [9.17, 15) is 0 Å². The predicted molar refractivity (Wildman–Crippen MR) is 50.4 cm³/mol. The molecule has 0 N–H and O–H groups in total. The molecule has 0 aromatic carbocycles. The number of halogens is 1. The van der Waals surface area contributed by atoms with Gasteiger partial charge in [0, 0.05) is 12.4 Å². The average molecular weight is 197 g/mol. The number of hydrogen-bond acceptors (Lipinski definition) is 3. The second kappa shape index (κ2) is 3.21. The summed E-state index contributed by atoms with van der Waals surface area (Å²) < 4.78 is 0. The van der Waals surface area contributed by atoms with Crippen molar-refractivity contribution in [3.05, 3.63) is 34.9 Å². The molecular formula is C8H5ClN2S. The molecule has 0 fully saturated rings. The summed E-state index contributed by atoms with van der Waals surface area (Å²) in [4.78, 5) is 9.12. The molecule has 0 saturated heterocycles. The van der Waals surface area contributed by atoms with E-state index < -0.39 is 0 Å². The van der Waals surface area contributed by atoms with E-state index in [-0.39, 0.29) is 0 Å². The van der Waals surface area contributed by atoms with Gasteiger partial charge in [-0.15, -0.1) is 11.3 Å². The van der Waals surface area contributed by atoms with Crippen LogP contribution in [0.15, 0.2) is 29.9 Å². The Bertz CT molecular complexity index is 372. The lowest BCUT2D eigenvalue weighted by atomic mass is 10.4. The predicted octanol–water partition coefficient (Wildman–Crippen LogP) is 2.86. The molecule has 60 valence electrons. The highest BCUT2D eigenvalue weighted by molar-refractivity contribution is 7.14. The van der Waals surface area contributed by atoms with Crippen LogP contribution in [0.2, 0.25) is 5.02 Å². The van der Waals surface area contributed by atoms with Gasteiger partial charge in [0.25, 0.3) is 0 Å². The molecule has 0 bridgehead atoms. The lowest BCUT2D eigenvalue weighted by Gasteiger charge is -1.93. The van der Waals surface area contributed by atoms with Crippen molar-refractivity contribution in [2.45, 2.75) is 0 Å². The lowest BCUT2D eigenvalue weighted by Crippen LogP contribution is -1.82. The van der Waals surface area contributed by atoms with Crippen LogP contribution in [0.4, 0.5) is 0 Å². The Balaban J connectivity index is 2.51.